The highest BCUT2D eigenvalue weighted by molar-refractivity contribution is 7.89. The first kappa shape index (κ1) is 21.8. The Hall–Kier alpha value is -3.40. The molecule has 8 nitrogen and oxygen atoms in total. The molecule has 3 aromatic carbocycles. The molecule has 0 unspecified atom stereocenters. The fraction of sp³-hybridized carbons (Fsp3) is 0.174. The quantitative estimate of drug-likeness (QED) is 0.577. The molecule has 0 saturated carbocycles. The van der Waals surface area contributed by atoms with Crippen molar-refractivity contribution in [2.75, 3.05) is 36.5 Å². The highest BCUT2D eigenvalue weighted by Gasteiger charge is 2.16. The van der Waals surface area contributed by atoms with Crippen molar-refractivity contribution in [1.82, 2.24) is 0 Å². The number of nitrogens with one attached hydrogen (secondary N) is 1. The van der Waals surface area contributed by atoms with Crippen molar-refractivity contribution < 1.29 is 27.0 Å². The highest BCUT2D eigenvalue weighted by Crippen LogP contribution is 2.29. The third-order valence-electron chi connectivity index (χ3n) is 4.97. The molecule has 0 bridgehead atoms. The van der Waals surface area contributed by atoms with Gasteiger partial charge in [0.2, 0.25) is 10.0 Å². The molecule has 1 aliphatic rings. The van der Waals surface area contributed by atoms with Gasteiger partial charge >= 0.3 is 0 Å². The van der Waals surface area contributed by atoms with Gasteiger partial charge in [-0.1, -0.05) is 24.3 Å². The van der Waals surface area contributed by atoms with Gasteiger partial charge in [-0.2, -0.15) is 0 Å². The predicted octanol–water partition coefficient (Wildman–Crippen LogP) is 3.95. The van der Waals surface area contributed by atoms with E-state index in [2.05, 4.69) is 10.2 Å². The maximum Gasteiger partial charge on any atom is 0.259 e. The summed E-state index contributed by atoms with van der Waals surface area (Å²) in [5.41, 5.74) is 1.64. The van der Waals surface area contributed by atoms with Crippen molar-refractivity contribution in [3.05, 3.63) is 78.4 Å². The van der Waals surface area contributed by atoms with E-state index in [0.717, 1.165) is 18.8 Å². The minimum Gasteiger partial charge on any atom is -0.456 e. The Morgan fingerprint density at radius 2 is 1.75 bits per heavy atom. The van der Waals surface area contributed by atoms with Gasteiger partial charge in [-0.15, -0.1) is 0 Å². The maximum atomic E-state index is 12.9. The van der Waals surface area contributed by atoms with Crippen LogP contribution in [-0.4, -0.2) is 40.6 Å². The van der Waals surface area contributed by atoms with Gasteiger partial charge in [0.05, 0.1) is 23.7 Å². The van der Waals surface area contributed by atoms with Crippen LogP contribution in [0.1, 0.15) is 14.6 Å². The van der Waals surface area contributed by atoms with Crippen LogP contribution in [-0.2, 0) is 14.8 Å². The van der Waals surface area contributed by atoms with E-state index in [0.29, 0.717) is 36.0 Å². The summed E-state index contributed by atoms with van der Waals surface area (Å²) < 4.78 is 34.6. The van der Waals surface area contributed by atoms with Crippen LogP contribution in [0.5, 0.6) is 11.5 Å². The average molecular weight is 460 g/mol. The van der Waals surface area contributed by atoms with Crippen molar-refractivity contribution in [1.29, 1.82) is 0 Å². The summed E-state index contributed by atoms with van der Waals surface area (Å²) in [6.07, 6.45) is 0. The van der Waals surface area contributed by atoms with Gasteiger partial charge in [-0.3, -0.25) is 4.79 Å². The number of hydrogen-bond donors (Lipinski definition) is 2. The van der Waals surface area contributed by atoms with Crippen molar-refractivity contribution in [2.24, 2.45) is 5.14 Å². The molecule has 4 rings (SSSR count). The number of ether oxygens (including phenoxy) is 2. The first-order chi connectivity index (χ1) is 15.4. The largest absolute Gasteiger partial charge is 0.456 e. The van der Waals surface area contributed by atoms with Crippen LogP contribution in [0.2, 0.25) is 0 Å². The third-order valence-corrected chi connectivity index (χ3v) is 5.88. The van der Waals surface area contributed by atoms with E-state index in [1.807, 2.05) is 24.3 Å². The molecule has 0 radical (unpaired) electrons. The summed E-state index contributed by atoms with van der Waals surface area (Å²) >= 11 is 0. The number of morpholine rings is 1. The number of hydrogen-bond acceptors (Lipinski definition) is 6. The number of rotatable bonds is 6. The maximum absolute atomic E-state index is 12.9. The zero-order valence-electron chi connectivity index (χ0n) is 17.2. The van der Waals surface area contributed by atoms with Crippen LogP contribution in [0.3, 0.4) is 0 Å². The molecule has 3 N–H and O–H groups in total. The van der Waals surface area contributed by atoms with E-state index in [-0.39, 0.29) is 9.18 Å². The van der Waals surface area contributed by atoms with E-state index in [1.54, 1.807) is 30.3 Å². The lowest BCUT2D eigenvalue weighted by molar-refractivity contribution is 0.102. The molecule has 1 aliphatic heterocycles. The van der Waals surface area contributed by atoms with E-state index < -0.39 is 15.9 Å². The molecule has 9 heteroatoms. The number of sulfonamides is 1. The summed E-state index contributed by atoms with van der Waals surface area (Å²) in [4.78, 5) is 15.0. The SMILES string of the molecule is NS(=O)(=O)c1cccc(NC(=O)c2ccccc2Oc2cccc(N3CCOCC3)c2)c1.[HH].[HH].[HH]. The van der Waals surface area contributed by atoms with Gasteiger partial charge in [0.15, 0.2) is 0 Å². The van der Waals surface area contributed by atoms with Gasteiger partial charge in [0, 0.05) is 34.8 Å². The topological polar surface area (TPSA) is 111 Å². The van der Waals surface area contributed by atoms with E-state index in [1.165, 1.54) is 18.2 Å². The van der Waals surface area contributed by atoms with Crippen molar-refractivity contribution in [3.63, 3.8) is 0 Å². The molecule has 0 aliphatic carbocycles. The van der Waals surface area contributed by atoms with Gasteiger partial charge in [-0.05, 0) is 42.5 Å². The Morgan fingerprint density at radius 1 is 1.00 bits per heavy atom. The number of carbonyl (C=O) groups excluding carboxylic acids is 1. The molecule has 172 valence electrons. The van der Waals surface area contributed by atoms with Gasteiger partial charge in [-0.25, -0.2) is 13.6 Å². The number of amides is 1. The number of anilines is 2. The molecule has 0 aromatic heterocycles. The van der Waals surface area contributed by atoms with Crippen LogP contribution >= 0.6 is 0 Å². The van der Waals surface area contributed by atoms with Crippen molar-refractivity contribution in [3.8, 4) is 11.5 Å². The first-order valence-electron chi connectivity index (χ1n) is 10.0. The fourth-order valence-electron chi connectivity index (χ4n) is 3.38. The van der Waals surface area contributed by atoms with Crippen molar-refractivity contribution >= 4 is 27.3 Å². The summed E-state index contributed by atoms with van der Waals surface area (Å²) in [5, 5.41) is 7.87. The lowest BCUT2D eigenvalue weighted by Crippen LogP contribution is -2.36. The molecule has 0 atom stereocenters. The molecular formula is C23H29N3O5S. The Morgan fingerprint density at radius 3 is 2.53 bits per heavy atom. The zero-order chi connectivity index (χ0) is 22.6. The molecule has 1 heterocycles. The summed E-state index contributed by atoms with van der Waals surface area (Å²) in [6.45, 7) is 2.97. The van der Waals surface area contributed by atoms with Crippen LogP contribution < -0.4 is 20.1 Å². The lowest BCUT2D eigenvalue weighted by atomic mass is 10.1. The molecular weight excluding hydrogens is 430 g/mol. The summed E-state index contributed by atoms with van der Waals surface area (Å²) in [5.74, 6) is 0.550. The molecule has 3 aromatic rings. The lowest BCUT2D eigenvalue weighted by Gasteiger charge is -2.29. The normalized spacial score (nSPS) is 14.1. The summed E-state index contributed by atoms with van der Waals surface area (Å²) in [6, 6.07) is 20.3. The Balaban J connectivity index is 0.00000204. The van der Waals surface area contributed by atoms with Crippen LogP contribution in [0.15, 0.2) is 77.7 Å². The average Bonchev–Trinajstić information content (AvgIpc) is 2.80. The number of nitrogens with two attached hydrogens (primary N) is 1. The first-order valence-corrected chi connectivity index (χ1v) is 11.6. The smallest absolute Gasteiger partial charge is 0.259 e. The number of carbonyl (C=O) groups is 1. The third kappa shape index (κ3) is 5.25. The predicted molar refractivity (Wildman–Crippen MR) is 128 cm³/mol. The minimum absolute atomic E-state index is 0. The number of benzene rings is 3. The second-order valence-corrected chi connectivity index (χ2v) is 8.78. The van der Waals surface area contributed by atoms with Gasteiger partial charge < -0.3 is 19.7 Å². The monoisotopic (exact) mass is 459 g/mol. The van der Waals surface area contributed by atoms with E-state index >= 15 is 0 Å². The fourth-order valence-corrected chi connectivity index (χ4v) is 3.94. The van der Waals surface area contributed by atoms with Crippen molar-refractivity contribution in [2.45, 2.75) is 4.90 Å². The second kappa shape index (κ2) is 9.39. The van der Waals surface area contributed by atoms with E-state index in [9.17, 15) is 13.2 Å². The number of primary sulfonamides is 1. The zero-order valence-corrected chi connectivity index (χ0v) is 18.0. The number of nitrogens with zero attached hydrogens (tertiary/aromatic N) is 1. The highest BCUT2D eigenvalue weighted by atomic mass is 32.2. The number of para-hydroxylation sites is 1. The molecule has 1 saturated heterocycles. The van der Waals surface area contributed by atoms with Crippen LogP contribution in [0, 0.1) is 0 Å². The van der Waals surface area contributed by atoms with Crippen LogP contribution in [0.25, 0.3) is 0 Å². The Labute approximate surface area is 191 Å². The summed E-state index contributed by atoms with van der Waals surface area (Å²) in [7, 11) is -3.88. The Bertz CT molecular complexity index is 1240. The van der Waals surface area contributed by atoms with Gasteiger partial charge in [0.1, 0.15) is 11.5 Å². The molecule has 1 fully saturated rings. The molecule has 0 spiro atoms. The standard InChI is InChI=1S/C23H23N3O5S.3H2/c24-32(28,29)20-8-3-5-17(15-20)25-23(27)21-9-1-2-10-22(21)31-19-7-4-6-18(16-19)26-11-13-30-14-12-26;;;/h1-10,15-16H,11-14H2,(H,25,27)(H2,24,28,29);3*1H. The Kier molecular flexibility index (Phi) is 6.40. The molecule has 32 heavy (non-hydrogen) atoms. The van der Waals surface area contributed by atoms with Gasteiger partial charge in [0.25, 0.3) is 5.91 Å². The van der Waals surface area contributed by atoms with E-state index in [4.69, 9.17) is 14.6 Å². The minimum atomic E-state index is -3.88. The molecule has 1 amide bonds. The second-order valence-electron chi connectivity index (χ2n) is 7.22. The van der Waals surface area contributed by atoms with Crippen LogP contribution in [0.4, 0.5) is 11.4 Å².